The zero-order valence-electron chi connectivity index (χ0n) is 11.1. The highest BCUT2D eigenvalue weighted by Gasteiger charge is 2.18. The van der Waals surface area contributed by atoms with Crippen LogP contribution in [0.3, 0.4) is 0 Å². The average Bonchev–Trinajstić information content (AvgIpc) is 3.04. The van der Waals surface area contributed by atoms with E-state index in [1.807, 2.05) is 31.4 Å². The number of aromatic nitrogens is 2. The molecule has 6 heteroatoms. The number of nitrogens with zero attached hydrogens (tertiary/aromatic N) is 1. The van der Waals surface area contributed by atoms with Crippen LogP contribution < -0.4 is 5.56 Å². The first-order valence-electron chi connectivity index (χ1n) is 6.33. The van der Waals surface area contributed by atoms with Crippen molar-refractivity contribution in [3.63, 3.8) is 0 Å². The molecule has 0 fully saturated rings. The molecular formula is C14H13ClN2OS2. The molecule has 0 saturated heterocycles. The van der Waals surface area contributed by atoms with Gasteiger partial charge in [0.1, 0.15) is 10.7 Å². The number of aryl methyl sites for hydroxylation is 1. The van der Waals surface area contributed by atoms with E-state index in [9.17, 15) is 4.79 Å². The highest BCUT2D eigenvalue weighted by atomic mass is 35.5. The van der Waals surface area contributed by atoms with Crippen molar-refractivity contribution < 1.29 is 0 Å². The number of halogens is 1. The lowest BCUT2D eigenvalue weighted by Crippen LogP contribution is -2.12. The molecule has 0 aliphatic heterocycles. The quantitative estimate of drug-likeness (QED) is 0.709. The number of rotatable bonds is 3. The highest BCUT2D eigenvalue weighted by Crippen LogP contribution is 2.38. The maximum absolute atomic E-state index is 12.4. The molecule has 0 amide bonds. The molecule has 0 radical (unpaired) electrons. The third-order valence-electron chi connectivity index (χ3n) is 3.18. The molecule has 3 aromatic rings. The minimum Gasteiger partial charge on any atom is -0.309 e. The van der Waals surface area contributed by atoms with Crippen molar-refractivity contribution in [1.29, 1.82) is 0 Å². The Labute approximate surface area is 129 Å². The van der Waals surface area contributed by atoms with Gasteiger partial charge in [-0.05, 0) is 24.8 Å². The molecule has 1 N–H and O–H groups in total. The summed E-state index contributed by atoms with van der Waals surface area (Å²) in [6.45, 7) is 4.00. The van der Waals surface area contributed by atoms with Gasteiger partial charge in [0.25, 0.3) is 5.56 Å². The Kier molecular flexibility index (Phi) is 3.67. The average molecular weight is 325 g/mol. The predicted molar refractivity (Wildman–Crippen MR) is 87.2 cm³/mol. The number of hydrogen-bond donors (Lipinski definition) is 1. The first kappa shape index (κ1) is 13.8. The van der Waals surface area contributed by atoms with Crippen LogP contribution in [0.15, 0.2) is 22.3 Å². The second-order valence-corrected chi connectivity index (χ2v) is 7.20. The summed E-state index contributed by atoms with van der Waals surface area (Å²) in [5.41, 5.74) is 0.903. The third kappa shape index (κ3) is 2.20. The van der Waals surface area contributed by atoms with Crippen molar-refractivity contribution >= 4 is 44.5 Å². The largest absolute Gasteiger partial charge is 0.309 e. The van der Waals surface area contributed by atoms with Gasteiger partial charge in [-0.25, -0.2) is 4.98 Å². The van der Waals surface area contributed by atoms with E-state index in [-0.39, 0.29) is 10.9 Å². The molecule has 0 saturated carbocycles. The number of hydrogen-bond acceptors (Lipinski definition) is 4. The van der Waals surface area contributed by atoms with E-state index in [4.69, 9.17) is 11.6 Å². The Morgan fingerprint density at radius 3 is 2.95 bits per heavy atom. The van der Waals surface area contributed by atoms with Crippen LogP contribution >= 0.6 is 34.3 Å². The van der Waals surface area contributed by atoms with Crippen LogP contribution in [-0.4, -0.2) is 9.97 Å². The molecule has 3 nitrogen and oxygen atoms in total. The maximum Gasteiger partial charge on any atom is 0.260 e. The van der Waals surface area contributed by atoms with Crippen LogP contribution in [0.4, 0.5) is 0 Å². The highest BCUT2D eigenvalue weighted by molar-refractivity contribution is 7.20. The van der Waals surface area contributed by atoms with Gasteiger partial charge in [0.15, 0.2) is 0 Å². The third-order valence-corrected chi connectivity index (χ3v) is 5.58. The van der Waals surface area contributed by atoms with Crippen molar-refractivity contribution in [2.45, 2.75) is 25.6 Å². The fourth-order valence-corrected chi connectivity index (χ4v) is 4.24. The monoisotopic (exact) mass is 324 g/mol. The van der Waals surface area contributed by atoms with E-state index >= 15 is 0 Å². The van der Waals surface area contributed by atoms with Crippen molar-refractivity contribution in [2.75, 3.05) is 0 Å². The summed E-state index contributed by atoms with van der Waals surface area (Å²) >= 11 is 9.37. The molecule has 1 atom stereocenters. The van der Waals surface area contributed by atoms with Crippen LogP contribution in [0.5, 0.6) is 0 Å². The predicted octanol–water partition coefficient (Wildman–Crippen LogP) is 4.71. The molecule has 3 aromatic heterocycles. The number of H-pyrrole nitrogens is 1. The smallest absolute Gasteiger partial charge is 0.260 e. The van der Waals surface area contributed by atoms with E-state index in [2.05, 4.69) is 9.97 Å². The Balaban J connectivity index is 2.30. The van der Waals surface area contributed by atoms with Crippen molar-refractivity contribution in [1.82, 2.24) is 9.97 Å². The lowest BCUT2D eigenvalue weighted by Gasteiger charge is -2.05. The van der Waals surface area contributed by atoms with Gasteiger partial charge < -0.3 is 4.98 Å². The number of fused-ring (bicyclic) bond motifs is 1. The van der Waals surface area contributed by atoms with Crippen LogP contribution in [-0.2, 0) is 0 Å². The van der Waals surface area contributed by atoms with Crippen molar-refractivity contribution in [2.24, 2.45) is 0 Å². The zero-order valence-corrected chi connectivity index (χ0v) is 13.5. The summed E-state index contributed by atoms with van der Waals surface area (Å²) in [6, 6.07) is 4.02. The van der Waals surface area contributed by atoms with E-state index in [1.165, 1.54) is 0 Å². The van der Waals surface area contributed by atoms with Crippen LogP contribution in [0, 0.1) is 6.92 Å². The van der Waals surface area contributed by atoms with Gasteiger partial charge in [0.2, 0.25) is 0 Å². The molecule has 0 bridgehead atoms. The second-order valence-electron chi connectivity index (χ2n) is 4.52. The molecule has 3 heterocycles. The Morgan fingerprint density at radius 2 is 2.30 bits per heavy atom. The number of alkyl halides is 1. The fraction of sp³-hybridized carbons (Fsp3) is 0.286. The number of thiophene rings is 2. The van der Waals surface area contributed by atoms with Gasteiger partial charge in [-0.3, -0.25) is 4.79 Å². The summed E-state index contributed by atoms with van der Waals surface area (Å²) in [5.74, 6) is 0.561. The summed E-state index contributed by atoms with van der Waals surface area (Å²) in [4.78, 5) is 22.8. The summed E-state index contributed by atoms with van der Waals surface area (Å²) in [7, 11) is 0. The van der Waals surface area contributed by atoms with Gasteiger partial charge >= 0.3 is 0 Å². The minimum atomic E-state index is -0.250. The van der Waals surface area contributed by atoms with Crippen molar-refractivity contribution in [3.05, 3.63) is 38.6 Å². The van der Waals surface area contributed by atoms with Gasteiger partial charge in [-0.15, -0.1) is 34.3 Å². The molecule has 0 spiro atoms. The van der Waals surface area contributed by atoms with Gasteiger partial charge in [0, 0.05) is 15.3 Å². The first-order chi connectivity index (χ1) is 9.61. The van der Waals surface area contributed by atoms with Gasteiger partial charge in [0.05, 0.1) is 10.8 Å². The van der Waals surface area contributed by atoms with Crippen LogP contribution in [0.2, 0.25) is 0 Å². The van der Waals surface area contributed by atoms with Crippen LogP contribution in [0.25, 0.3) is 20.7 Å². The van der Waals surface area contributed by atoms with Crippen LogP contribution in [0.1, 0.15) is 29.4 Å². The zero-order chi connectivity index (χ0) is 14.3. The lowest BCUT2D eigenvalue weighted by atomic mass is 10.1. The first-order valence-corrected chi connectivity index (χ1v) is 8.46. The standard InChI is InChI=1S/C14H13ClN2OS2/c1-3-8(15)12-16-13(18)11-10(9-5-4-6-19-9)7(2)20-14(11)17-12/h4-6,8H,3H2,1-2H3,(H,16,17,18). The maximum atomic E-state index is 12.4. The van der Waals surface area contributed by atoms with Gasteiger partial charge in [-0.1, -0.05) is 13.0 Å². The van der Waals surface area contributed by atoms with E-state index < -0.39 is 0 Å². The molecule has 20 heavy (non-hydrogen) atoms. The SMILES string of the molecule is CCC(Cl)c1nc2sc(C)c(-c3cccs3)c2c(=O)[nH]1. The summed E-state index contributed by atoms with van der Waals surface area (Å²) < 4.78 is 0. The normalized spacial score (nSPS) is 12.9. The lowest BCUT2D eigenvalue weighted by molar-refractivity contribution is 0.807. The molecule has 104 valence electrons. The van der Waals surface area contributed by atoms with E-state index in [0.29, 0.717) is 11.2 Å². The molecule has 0 aromatic carbocycles. The fourth-order valence-electron chi connectivity index (χ4n) is 2.19. The Bertz CT molecular complexity index is 805. The molecule has 1 unspecified atom stereocenters. The molecule has 0 aliphatic carbocycles. The number of aromatic amines is 1. The van der Waals surface area contributed by atoms with Crippen molar-refractivity contribution in [3.8, 4) is 10.4 Å². The van der Waals surface area contributed by atoms with E-state index in [0.717, 1.165) is 26.6 Å². The second kappa shape index (κ2) is 5.31. The molecule has 3 rings (SSSR count). The molecular weight excluding hydrogens is 312 g/mol. The van der Waals surface area contributed by atoms with E-state index in [1.54, 1.807) is 22.7 Å². The summed E-state index contributed by atoms with van der Waals surface area (Å²) in [5, 5.41) is 2.44. The minimum absolute atomic E-state index is 0.100. The summed E-state index contributed by atoms with van der Waals surface area (Å²) in [6.07, 6.45) is 0.734. The van der Waals surface area contributed by atoms with Gasteiger partial charge in [-0.2, -0.15) is 0 Å². The molecule has 0 aliphatic rings. The Hall–Kier alpha value is -1.17. The Morgan fingerprint density at radius 1 is 1.50 bits per heavy atom. The topological polar surface area (TPSA) is 45.8 Å². The number of nitrogens with one attached hydrogen (secondary N) is 1.